The SMILES string of the molecule is CCC(CC)C1NCc2ccccc21. The van der Waals surface area contributed by atoms with Crippen molar-refractivity contribution in [1.82, 2.24) is 5.32 Å². The molecule has 0 aromatic heterocycles. The lowest BCUT2D eigenvalue weighted by Gasteiger charge is -2.21. The predicted octanol–water partition coefficient (Wildman–Crippen LogP) is 3.27. The first-order valence-corrected chi connectivity index (χ1v) is 5.68. The van der Waals surface area contributed by atoms with Gasteiger partial charge in [0.15, 0.2) is 0 Å². The molecule has 1 unspecified atom stereocenters. The van der Waals surface area contributed by atoms with E-state index in [0.717, 1.165) is 12.5 Å². The minimum atomic E-state index is 0.598. The highest BCUT2D eigenvalue weighted by molar-refractivity contribution is 5.34. The Hall–Kier alpha value is -0.820. The lowest BCUT2D eigenvalue weighted by Crippen LogP contribution is -2.20. The molecule has 1 heteroatoms. The van der Waals surface area contributed by atoms with Gasteiger partial charge in [-0.05, 0) is 17.0 Å². The number of rotatable bonds is 3. The molecule has 0 amide bonds. The Morgan fingerprint density at radius 1 is 1.29 bits per heavy atom. The molecule has 2 rings (SSSR count). The molecule has 1 atom stereocenters. The van der Waals surface area contributed by atoms with Crippen molar-refractivity contribution >= 4 is 0 Å². The molecule has 1 N–H and O–H groups in total. The number of hydrogen-bond donors (Lipinski definition) is 1. The van der Waals surface area contributed by atoms with Gasteiger partial charge < -0.3 is 5.32 Å². The monoisotopic (exact) mass is 189 g/mol. The molecule has 0 spiro atoms. The molecule has 1 aliphatic rings. The van der Waals surface area contributed by atoms with Crippen LogP contribution in [0, 0.1) is 5.92 Å². The topological polar surface area (TPSA) is 12.0 Å². The Morgan fingerprint density at radius 2 is 2.00 bits per heavy atom. The first-order valence-electron chi connectivity index (χ1n) is 5.68. The van der Waals surface area contributed by atoms with Gasteiger partial charge in [0.05, 0.1) is 0 Å². The molecule has 1 aromatic carbocycles. The molecule has 0 aliphatic carbocycles. The maximum Gasteiger partial charge on any atom is 0.0354 e. The smallest absolute Gasteiger partial charge is 0.0354 e. The van der Waals surface area contributed by atoms with E-state index in [0.29, 0.717) is 6.04 Å². The summed E-state index contributed by atoms with van der Waals surface area (Å²) in [5.74, 6) is 0.790. The van der Waals surface area contributed by atoms with Crippen molar-refractivity contribution in [2.75, 3.05) is 0 Å². The molecular formula is C13H19N. The largest absolute Gasteiger partial charge is 0.306 e. The number of fused-ring (bicyclic) bond motifs is 1. The fourth-order valence-corrected chi connectivity index (χ4v) is 2.51. The van der Waals surface area contributed by atoms with Crippen LogP contribution >= 0.6 is 0 Å². The van der Waals surface area contributed by atoms with Crippen molar-refractivity contribution in [2.45, 2.75) is 39.3 Å². The summed E-state index contributed by atoms with van der Waals surface area (Å²) >= 11 is 0. The normalized spacial score (nSPS) is 20.1. The van der Waals surface area contributed by atoms with Crippen LogP contribution in [0.15, 0.2) is 24.3 Å². The molecule has 1 heterocycles. The van der Waals surface area contributed by atoms with E-state index < -0.39 is 0 Å². The van der Waals surface area contributed by atoms with Gasteiger partial charge >= 0.3 is 0 Å². The van der Waals surface area contributed by atoms with Crippen molar-refractivity contribution in [3.05, 3.63) is 35.4 Å². The Balaban J connectivity index is 2.25. The van der Waals surface area contributed by atoms with Crippen LogP contribution in [0.1, 0.15) is 43.9 Å². The van der Waals surface area contributed by atoms with Crippen molar-refractivity contribution in [3.63, 3.8) is 0 Å². The second-order valence-electron chi connectivity index (χ2n) is 4.13. The third kappa shape index (κ3) is 1.57. The minimum Gasteiger partial charge on any atom is -0.306 e. The van der Waals surface area contributed by atoms with E-state index in [1.165, 1.54) is 24.0 Å². The highest BCUT2D eigenvalue weighted by atomic mass is 14.9. The Bertz CT molecular complexity index is 302. The molecule has 76 valence electrons. The molecule has 14 heavy (non-hydrogen) atoms. The van der Waals surface area contributed by atoms with Gasteiger partial charge in [0, 0.05) is 12.6 Å². The standard InChI is InChI=1S/C13H19N/c1-3-10(4-2)13-12-8-6-5-7-11(12)9-14-13/h5-8,10,13-14H,3-4,9H2,1-2H3. The first kappa shape index (κ1) is 9.72. The summed E-state index contributed by atoms with van der Waals surface area (Å²) < 4.78 is 0. The maximum absolute atomic E-state index is 3.62. The molecule has 1 aromatic rings. The molecule has 0 radical (unpaired) electrons. The zero-order valence-electron chi connectivity index (χ0n) is 9.09. The second-order valence-corrected chi connectivity index (χ2v) is 4.13. The molecule has 0 fully saturated rings. The summed E-state index contributed by atoms with van der Waals surface area (Å²) in [6.07, 6.45) is 2.53. The van der Waals surface area contributed by atoms with Crippen molar-refractivity contribution in [1.29, 1.82) is 0 Å². The molecular weight excluding hydrogens is 170 g/mol. The van der Waals surface area contributed by atoms with Crippen molar-refractivity contribution in [3.8, 4) is 0 Å². The van der Waals surface area contributed by atoms with Crippen LogP contribution in [0.2, 0.25) is 0 Å². The van der Waals surface area contributed by atoms with Gasteiger partial charge in [0.1, 0.15) is 0 Å². The minimum absolute atomic E-state index is 0.598. The highest BCUT2D eigenvalue weighted by Gasteiger charge is 2.26. The zero-order chi connectivity index (χ0) is 9.97. The molecule has 0 saturated carbocycles. The van der Waals surface area contributed by atoms with E-state index in [2.05, 4.69) is 43.4 Å². The van der Waals surface area contributed by atoms with Gasteiger partial charge in [0.2, 0.25) is 0 Å². The van der Waals surface area contributed by atoms with Gasteiger partial charge in [0.25, 0.3) is 0 Å². The Kier molecular flexibility index (Phi) is 2.87. The number of benzene rings is 1. The van der Waals surface area contributed by atoms with Crippen LogP contribution in [0.5, 0.6) is 0 Å². The first-order chi connectivity index (χ1) is 6.86. The fraction of sp³-hybridized carbons (Fsp3) is 0.538. The summed E-state index contributed by atoms with van der Waals surface area (Å²) in [4.78, 5) is 0. The van der Waals surface area contributed by atoms with Crippen LogP contribution < -0.4 is 5.32 Å². The zero-order valence-corrected chi connectivity index (χ0v) is 9.09. The summed E-state index contributed by atoms with van der Waals surface area (Å²) in [6.45, 7) is 5.63. The summed E-state index contributed by atoms with van der Waals surface area (Å²) in [5, 5.41) is 3.62. The molecule has 0 saturated heterocycles. The third-order valence-electron chi connectivity index (χ3n) is 3.42. The lowest BCUT2D eigenvalue weighted by atomic mass is 9.89. The van der Waals surface area contributed by atoms with Crippen LogP contribution in [0.4, 0.5) is 0 Å². The lowest BCUT2D eigenvalue weighted by molar-refractivity contribution is 0.360. The van der Waals surface area contributed by atoms with Crippen LogP contribution in [0.25, 0.3) is 0 Å². The number of nitrogens with one attached hydrogen (secondary N) is 1. The average Bonchev–Trinajstić information content (AvgIpc) is 2.65. The van der Waals surface area contributed by atoms with E-state index in [9.17, 15) is 0 Å². The van der Waals surface area contributed by atoms with Gasteiger partial charge in [-0.25, -0.2) is 0 Å². The van der Waals surface area contributed by atoms with E-state index >= 15 is 0 Å². The number of hydrogen-bond acceptors (Lipinski definition) is 1. The van der Waals surface area contributed by atoms with Gasteiger partial charge in [-0.1, -0.05) is 51.0 Å². The summed E-state index contributed by atoms with van der Waals surface area (Å²) in [6, 6.07) is 9.40. The Labute approximate surface area is 86.5 Å². The van der Waals surface area contributed by atoms with E-state index in [1.807, 2.05) is 0 Å². The van der Waals surface area contributed by atoms with Gasteiger partial charge in [-0.15, -0.1) is 0 Å². The Morgan fingerprint density at radius 3 is 2.71 bits per heavy atom. The van der Waals surface area contributed by atoms with Gasteiger partial charge in [-0.2, -0.15) is 0 Å². The second kappa shape index (κ2) is 4.14. The van der Waals surface area contributed by atoms with Crippen molar-refractivity contribution in [2.24, 2.45) is 5.92 Å². The van der Waals surface area contributed by atoms with E-state index in [1.54, 1.807) is 0 Å². The van der Waals surface area contributed by atoms with Crippen LogP contribution in [-0.2, 0) is 6.54 Å². The third-order valence-corrected chi connectivity index (χ3v) is 3.42. The van der Waals surface area contributed by atoms with Crippen LogP contribution in [-0.4, -0.2) is 0 Å². The highest BCUT2D eigenvalue weighted by Crippen LogP contribution is 2.33. The summed E-state index contributed by atoms with van der Waals surface area (Å²) in [7, 11) is 0. The van der Waals surface area contributed by atoms with Gasteiger partial charge in [-0.3, -0.25) is 0 Å². The quantitative estimate of drug-likeness (QED) is 0.769. The fourth-order valence-electron chi connectivity index (χ4n) is 2.51. The molecule has 1 nitrogen and oxygen atoms in total. The van der Waals surface area contributed by atoms with Crippen molar-refractivity contribution < 1.29 is 0 Å². The summed E-state index contributed by atoms with van der Waals surface area (Å²) in [5.41, 5.74) is 3.02. The van der Waals surface area contributed by atoms with Crippen LogP contribution in [0.3, 0.4) is 0 Å². The van der Waals surface area contributed by atoms with E-state index in [-0.39, 0.29) is 0 Å². The van der Waals surface area contributed by atoms with E-state index in [4.69, 9.17) is 0 Å². The molecule has 0 bridgehead atoms. The predicted molar refractivity (Wildman–Crippen MR) is 60.1 cm³/mol. The molecule has 1 aliphatic heterocycles. The maximum atomic E-state index is 3.62. The average molecular weight is 189 g/mol.